The van der Waals surface area contributed by atoms with Crippen molar-refractivity contribution in [2.45, 2.75) is 25.4 Å². The van der Waals surface area contributed by atoms with Gasteiger partial charge in [-0.2, -0.15) is 0 Å². The van der Waals surface area contributed by atoms with E-state index in [9.17, 15) is 4.79 Å². The number of hydrogen-bond acceptors (Lipinski definition) is 4. The molecule has 1 aromatic heterocycles. The topological polar surface area (TPSA) is 57.3 Å². The number of pyridine rings is 1. The Balaban J connectivity index is 1.55. The number of anilines is 2. The van der Waals surface area contributed by atoms with E-state index in [1.54, 1.807) is 0 Å². The van der Waals surface area contributed by atoms with Crippen LogP contribution < -0.4 is 10.6 Å². The van der Waals surface area contributed by atoms with E-state index in [-0.39, 0.29) is 5.91 Å². The van der Waals surface area contributed by atoms with Crippen molar-refractivity contribution in [1.82, 2.24) is 15.2 Å². The Morgan fingerprint density at radius 3 is 2.96 bits per heavy atom. The van der Waals surface area contributed by atoms with E-state index < -0.39 is 0 Å². The largest absolute Gasteiger partial charge is 0.348 e. The molecule has 0 aliphatic carbocycles. The normalized spacial score (nSPS) is 20.4. The second kappa shape index (κ2) is 5.66. The van der Waals surface area contributed by atoms with Crippen LogP contribution in [0.25, 0.3) is 0 Å². The maximum atomic E-state index is 11.7. The van der Waals surface area contributed by atoms with E-state index in [0.717, 1.165) is 29.2 Å². The lowest BCUT2D eigenvalue weighted by Crippen LogP contribution is -2.17. The summed E-state index contributed by atoms with van der Waals surface area (Å²) in [5, 5.41) is 6.19. The van der Waals surface area contributed by atoms with Gasteiger partial charge in [0.15, 0.2) is 0 Å². The van der Waals surface area contributed by atoms with Gasteiger partial charge in [0.1, 0.15) is 5.82 Å². The first-order valence-corrected chi connectivity index (χ1v) is 8.05. The molecule has 1 fully saturated rings. The first-order chi connectivity index (χ1) is 11.2. The summed E-state index contributed by atoms with van der Waals surface area (Å²) < 4.78 is 0. The third-order valence-corrected chi connectivity index (χ3v) is 4.80. The molecule has 1 aromatic carbocycles. The minimum atomic E-state index is -0.00349. The number of rotatable bonds is 3. The Bertz CT molecular complexity index is 741. The first-order valence-electron chi connectivity index (χ1n) is 8.05. The summed E-state index contributed by atoms with van der Waals surface area (Å²) in [6.45, 7) is 1.73. The molecule has 2 aliphatic rings. The molecule has 4 rings (SSSR count). The van der Waals surface area contributed by atoms with Crippen molar-refractivity contribution in [3.8, 4) is 0 Å². The zero-order chi connectivity index (χ0) is 15.8. The predicted octanol–water partition coefficient (Wildman–Crippen LogP) is 2.84. The number of hydrogen-bond donors (Lipinski definition) is 2. The highest BCUT2D eigenvalue weighted by Gasteiger charge is 2.23. The zero-order valence-corrected chi connectivity index (χ0v) is 13.2. The number of nitrogens with zero attached hydrogens (tertiary/aromatic N) is 2. The van der Waals surface area contributed by atoms with Crippen molar-refractivity contribution >= 4 is 17.4 Å². The maximum absolute atomic E-state index is 11.7. The van der Waals surface area contributed by atoms with Gasteiger partial charge in [-0.15, -0.1) is 0 Å². The SMILES string of the molecule is CN1CCCC1c1ccc(Nc2cccc3c2CNC3=O)nc1. The summed E-state index contributed by atoms with van der Waals surface area (Å²) >= 11 is 0. The van der Waals surface area contributed by atoms with E-state index in [2.05, 4.69) is 33.6 Å². The number of benzene rings is 1. The lowest BCUT2D eigenvalue weighted by molar-refractivity contribution is 0.0966. The van der Waals surface area contributed by atoms with Gasteiger partial charge >= 0.3 is 0 Å². The number of carbonyl (C=O) groups is 1. The number of fused-ring (bicyclic) bond motifs is 1. The van der Waals surface area contributed by atoms with Gasteiger partial charge in [0.05, 0.1) is 0 Å². The van der Waals surface area contributed by atoms with Crippen molar-refractivity contribution < 1.29 is 4.79 Å². The molecule has 1 unspecified atom stereocenters. The highest BCUT2D eigenvalue weighted by molar-refractivity contribution is 6.00. The molecule has 1 saturated heterocycles. The van der Waals surface area contributed by atoms with Crippen LogP contribution in [0, 0.1) is 0 Å². The molecule has 1 atom stereocenters. The standard InChI is InChI=1S/C18H20N4O/c1-22-9-3-6-16(22)12-7-8-17(19-10-12)21-15-5-2-4-13-14(15)11-20-18(13)23/h2,4-5,7-8,10,16H,3,6,9,11H2,1H3,(H,19,21)(H,20,23). The summed E-state index contributed by atoms with van der Waals surface area (Å²) in [5.41, 5.74) is 3.97. The minimum Gasteiger partial charge on any atom is -0.348 e. The number of nitrogens with one attached hydrogen (secondary N) is 2. The molecular formula is C18H20N4O. The zero-order valence-electron chi connectivity index (χ0n) is 13.2. The van der Waals surface area contributed by atoms with Gasteiger partial charge in [-0.3, -0.25) is 9.69 Å². The van der Waals surface area contributed by atoms with Crippen LogP contribution in [-0.2, 0) is 6.54 Å². The first kappa shape index (κ1) is 14.2. The van der Waals surface area contributed by atoms with Crippen molar-refractivity contribution in [2.24, 2.45) is 0 Å². The molecule has 5 heteroatoms. The van der Waals surface area contributed by atoms with E-state index in [1.165, 1.54) is 18.4 Å². The molecule has 0 bridgehead atoms. The second-order valence-electron chi connectivity index (χ2n) is 6.25. The lowest BCUT2D eigenvalue weighted by atomic mass is 10.1. The Morgan fingerprint density at radius 1 is 1.30 bits per heavy atom. The lowest BCUT2D eigenvalue weighted by Gasteiger charge is -2.19. The number of likely N-dealkylation sites (tertiary alicyclic amines) is 1. The third kappa shape index (κ3) is 2.57. The van der Waals surface area contributed by atoms with Crippen molar-refractivity contribution in [3.63, 3.8) is 0 Å². The van der Waals surface area contributed by atoms with E-state index in [0.29, 0.717) is 12.6 Å². The molecule has 1 amide bonds. The van der Waals surface area contributed by atoms with Crippen LogP contribution in [0.1, 0.15) is 40.4 Å². The fourth-order valence-corrected chi connectivity index (χ4v) is 3.52. The Labute approximate surface area is 135 Å². The van der Waals surface area contributed by atoms with Crippen molar-refractivity contribution in [3.05, 3.63) is 53.2 Å². The molecule has 0 spiro atoms. The quantitative estimate of drug-likeness (QED) is 0.915. The molecule has 0 radical (unpaired) electrons. The third-order valence-electron chi connectivity index (χ3n) is 4.80. The second-order valence-corrected chi connectivity index (χ2v) is 6.25. The fourth-order valence-electron chi connectivity index (χ4n) is 3.52. The van der Waals surface area contributed by atoms with Gasteiger partial charge in [0, 0.05) is 35.6 Å². The Hall–Kier alpha value is -2.40. The summed E-state index contributed by atoms with van der Waals surface area (Å²) in [5.74, 6) is 0.804. The molecule has 2 aromatic rings. The van der Waals surface area contributed by atoms with Gasteiger partial charge in [-0.05, 0) is 50.2 Å². The summed E-state index contributed by atoms with van der Waals surface area (Å²) in [6, 6.07) is 10.4. The van der Waals surface area contributed by atoms with Gasteiger partial charge in [0.2, 0.25) is 0 Å². The Morgan fingerprint density at radius 2 is 2.22 bits per heavy atom. The van der Waals surface area contributed by atoms with Crippen molar-refractivity contribution in [1.29, 1.82) is 0 Å². The van der Waals surface area contributed by atoms with Gasteiger partial charge in [-0.1, -0.05) is 12.1 Å². The number of amides is 1. The van der Waals surface area contributed by atoms with Crippen LogP contribution in [-0.4, -0.2) is 29.4 Å². The molecule has 23 heavy (non-hydrogen) atoms. The minimum absolute atomic E-state index is 0.00349. The van der Waals surface area contributed by atoms with Crippen LogP contribution in [0.3, 0.4) is 0 Å². The molecule has 2 aliphatic heterocycles. The summed E-state index contributed by atoms with van der Waals surface area (Å²) in [4.78, 5) is 18.7. The van der Waals surface area contributed by atoms with Crippen LogP contribution in [0.4, 0.5) is 11.5 Å². The van der Waals surface area contributed by atoms with Crippen molar-refractivity contribution in [2.75, 3.05) is 18.9 Å². The summed E-state index contributed by atoms with van der Waals surface area (Å²) in [7, 11) is 2.17. The average molecular weight is 308 g/mol. The Kier molecular flexibility index (Phi) is 3.50. The fraction of sp³-hybridized carbons (Fsp3) is 0.333. The molecular weight excluding hydrogens is 288 g/mol. The molecule has 0 saturated carbocycles. The van der Waals surface area contributed by atoms with Crippen LogP contribution in [0.2, 0.25) is 0 Å². The molecule has 3 heterocycles. The predicted molar refractivity (Wildman–Crippen MR) is 89.7 cm³/mol. The van der Waals surface area contributed by atoms with Crippen LogP contribution in [0.15, 0.2) is 36.5 Å². The number of aromatic nitrogens is 1. The van der Waals surface area contributed by atoms with Crippen LogP contribution in [0.5, 0.6) is 0 Å². The highest BCUT2D eigenvalue weighted by Crippen LogP contribution is 2.31. The maximum Gasteiger partial charge on any atom is 0.251 e. The van der Waals surface area contributed by atoms with Gasteiger partial charge < -0.3 is 10.6 Å². The molecule has 118 valence electrons. The average Bonchev–Trinajstić information content (AvgIpc) is 3.16. The monoisotopic (exact) mass is 308 g/mol. The smallest absolute Gasteiger partial charge is 0.251 e. The molecule has 2 N–H and O–H groups in total. The van der Waals surface area contributed by atoms with Crippen LogP contribution >= 0.6 is 0 Å². The van der Waals surface area contributed by atoms with E-state index >= 15 is 0 Å². The van der Waals surface area contributed by atoms with Gasteiger partial charge in [0.25, 0.3) is 5.91 Å². The van der Waals surface area contributed by atoms with Gasteiger partial charge in [-0.25, -0.2) is 4.98 Å². The summed E-state index contributed by atoms with van der Waals surface area (Å²) in [6.07, 6.45) is 4.41. The van der Waals surface area contributed by atoms with E-state index in [4.69, 9.17) is 0 Å². The number of carbonyl (C=O) groups excluding carboxylic acids is 1. The van der Waals surface area contributed by atoms with E-state index in [1.807, 2.05) is 30.5 Å². The molecule has 5 nitrogen and oxygen atoms in total. The highest BCUT2D eigenvalue weighted by atomic mass is 16.1.